The highest BCUT2D eigenvalue weighted by Gasteiger charge is 2.19. The Kier molecular flexibility index (Phi) is 4.97. The van der Waals surface area contributed by atoms with Crippen LogP contribution in [-0.4, -0.2) is 22.6 Å². The van der Waals surface area contributed by atoms with Crippen LogP contribution in [0.15, 0.2) is 45.8 Å². The summed E-state index contributed by atoms with van der Waals surface area (Å²) in [5, 5.41) is 0. The van der Waals surface area contributed by atoms with Gasteiger partial charge in [0.15, 0.2) is 0 Å². The first kappa shape index (κ1) is 16.6. The third kappa shape index (κ3) is 3.53. The third-order valence-electron chi connectivity index (χ3n) is 3.09. The zero-order valence-corrected chi connectivity index (χ0v) is 14.8. The maximum atomic E-state index is 12.6. The molecule has 0 aromatic heterocycles. The van der Waals surface area contributed by atoms with Crippen LogP contribution in [0.5, 0.6) is 11.5 Å². The fourth-order valence-electron chi connectivity index (χ4n) is 1.96. The Bertz CT molecular complexity index is 790. The summed E-state index contributed by atoms with van der Waals surface area (Å²) in [5.74, 6) is 0.946. The van der Waals surface area contributed by atoms with E-state index in [1.807, 2.05) is 0 Å². The molecule has 0 saturated carbocycles. The molecule has 5 nitrogen and oxygen atoms in total. The van der Waals surface area contributed by atoms with Crippen molar-refractivity contribution < 1.29 is 17.9 Å². The quantitative estimate of drug-likeness (QED) is 0.853. The number of ether oxygens (including phenoxy) is 2. The molecule has 0 saturated heterocycles. The Hall–Kier alpha value is -1.73. The van der Waals surface area contributed by atoms with E-state index in [2.05, 4.69) is 20.7 Å². The molecule has 2 aromatic carbocycles. The predicted octanol–water partition coefficient (Wildman–Crippen LogP) is 3.58. The van der Waals surface area contributed by atoms with E-state index in [4.69, 9.17) is 9.47 Å². The molecule has 0 radical (unpaired) electrons. The molecular formula is C15H16BrNO4S. The molecule has 2 rings (SSSR count). The number of hydrogen-bond acceptors (Lipinski definition) is 4. The van der Waals surface area contributed by atoms with E-state index in [9.17, 15) is 8.42 Å². The van der Waals surface area contributed by atoms with E-state index in [0.29, 0.717) is 27.2 Å². The molecule has 22 heavy (non-hydrogen) atoms. The highest BCUT2D eigenvalue weighted by molar-refractivity contribution is 9.10. The molecule has 0 spiro atoms. The normalized spacial score (nSPS) is 11.1. The van der Waals surface area contributed by atoms with Crippen LogP contribution in [0.2, 0.25) is 0 Å². The van der Waals surface area contributed by atoms with Crippen LogP contribution in [0, 0.1) is 6.92 Å². The van der Waals surface area contributed by atoms with Crippen LogP contribution in [0.25, 0.3) is 0 Å². The maximum absolute atomic E-state index is 12.6. The Morgan fingerprint density at radius 1 is 1.05 bits per heavy atom. The largest absolute Gasteiger partial charge is 0.497 e. The first-order valence-electron chi connectivity index (χ1n) is 6.38. The second-order valence-electron chi connectivity index (χ2n) is 4.58. The summed E-state index contributed by atoms with van der Waals surface area (Å²) in [7, 11) is -0.751. The second kappa shape index (κ2) is 6.58. The molecule has 0 atom stereocenters. The van der Waals surface area contributed by atoms with Gasteiger partial charge in [-0.2, -0.15) is 0 Å². The zero-order valence-electron chi connectivity index (χ0n) is 12.4. The summed E-state index contributed by atoms with van der Waals surface area (Å²) in [6, 6.07) is 10.0. The summed E-state index contributed by atoms with van der Waals surface area (Å²) in [5.41, 5.74) is 0.971. The number of benzene rings is 2. The fraction of sp³-hybridized carbons (Fsp3) is 0.200. The molecule has 0 aliphatic heterocycles. The minimum Gasteiger partial charge on any atom is -0.497 e. The van der Waals surface area contributed by atoms with E-state index in [-0.39, 0.29) is 4.90 Å². The molecule has 2 aromatic rings. The van der Waals surface area contributed by atoms with Crippen molar-refractivity contribution in [3.63, 3.8) is 0 Å². The van der Waals surface area contributed by atoms with E-state index in [0.717, 1.165) is 0 Å². The molecule has 0 unspecified atom stereocenters. The van der Waals surface area contributed by atoms with Crippen LogP contribution in [0.4, 0.5) is 5.69 Å². The standard InChI is InChI=1S/C15H16BrNO4S/c1-10-4-5-11(16)8-15(10)22(18,19)17-13-9-12(20-2)6-7-14(13)21-3/h4-9,17H,1-3H3. The number of rotatable bonds is 5. The van der Waals surface area contributed by atoms with E-state index in [1.165, 1.54) is 14.2 Å². The van der Waals surface area contributed by atoms with Gasteiger partial charge in [0.25, 0.3) is 10.0 Å². The first-order chi connectivity index (χ1) is 10.4. The highest BCUT2D eigenvalue weighted by atomic mass is 79.9. The van der Waals surface area contributed by atoms with E-state index < -0.39 is 10.0 Å². The van der Waals surface area contributed by atoms with Gasteiger partial charge < -0.3 is 9.47 Å². The predicted molar refractivity (Wildman–Crippen MR) is 89.2 cm³/mol. The topological polar surface area (TPSA) is 64.6 Å². The van der Waals surface area contributed by atoms with Gasteiger partial charge in [0.2, 0.25) is 0 Å². The van der Waals surface area contributed by atoms with Crippen LogP contribution in [0.1, 0.15) is 5.56 Å². The van der Waals surface area contributed by atoms with Crippen molar-refractivity contribution >= 4 is 31.6 Å². The Balaban J connectivity index is 2.46. The fourth-order valence-corrected chi connectivity index (χ4v) is 3.80. The SMILES string of the molecule is COc1ccc(OC)c(NS(=O)(=O)c2cc(Br)ccc2C)c1. The average molecular weight is 386 g/mol. The molecule has 0 aliphatic rings. The van der Waals surface area contributed by atoms with Crippen molar-refractivity contribution in [3.8, 4) is 11.5 Å². The van der Waals surface area contributed by atoms with E-state index in [1.54, 1.807) is 43.3 Å². The summed E-state index contributed by atoms with van der Waals surface area (Å²) >= 11 is 3.29. The van der Waals surface area contributed by atoms with Gasteiger partial charge in [0, 0.05) is 10.5 Å². The third-order valence-corrected chi connectivity index (χ3v) is 5.09. The second-order valence-corrected chi connectivity index (χ2v) is 7.15. The molecular weight excluding hydrogens is 370 g/mol. The van der Waals surface area contributed by atoms with Gasteiger partial charge in [0.05, 0.1) is 24.8 Å². The Morgan fingerprint density at radius 3 is 2.41 bits per heavy atom. The Labute approximate surface area is 138 Å². The van der Waals surface area contributed by atoms with Crippen molar-refractivity contribution in [2.45, 2.75) is 11.8 Å². The van der Waals surface area contributed by atoms with Gasteiger partial charge >= 0.3 is 0 Å². The molecule has 118 valence electrons. The van der Waals surface area contributed by atoms with Gasteiger partial charge in [-0.1, -0.05) is 22.0 Å². The van der Waals surface area contributed by atoms with Crippen LogP contribution in [0.3, 0.4) is 0 Å². The van der Waals surface area contributed by atoms with Crippen LogP contribution < -0.4 is 14.2 Å². The van der Waals surface area contributed by atoms with Gasteiger partial charge in [-0.15, -0.1) is 0 Å². The molecule has 0 aliphatic carbocycles. The number of sulfonamides is 1. The zero-order chi connectivity index (χ0) is 16.3. The number of hydrogen-bond donors (Lipinski definition) is 1. The van der Waals surface area contributed by atoms with Crippen molar-refractivity contribution in [3.05, 3.63) is 46.4 Å². The molecule has 0 bridgehead atoms. The van der Waals surface area contributed by atoms with Crippen molar-refractivity contribution in [2.24, 2.45) is 0 Å². The van der Waals surface area contributed by atoms with E-state index >= 15 is 0 Å². The first-order valence-corrected chi connectivity index (χ1v) is 8.66. The van der Waals surface area contributed by atoms with Gasteiger partial charge in [-0.3, -0.25) is 4.72 Å². The lowest BCUT2D eigenvalue weighted by Gasteiger charge is -2.14. The molecule has 1 N–H and O–H groups in total. The van der Waals surface area contributed by atoms with Gasteiger partial charge in [-0.05, 0) is 36.8 Å². The molecule has 7 heteroatoms. The summed E-state index contributed by atoms with van der Waals surface area (Å²) in [6.07, 6.45) is 0. The Morgan fingerprint density at radius 2 is 1.77 bits per heavy atom. The average Bonchev–Trinajstić information content (AvgIpc) is 2.49. The number of nitrogens with one attached hydrogen (secondary N) is 1. The summed E-state index contributed by atoms with van der Waals surface area (Å²) in [6.45, 7) is 1.74. The van der Waals surface area contributed by atoms with Gasteiger partial charge in [0.1, 0.15) is 11.5 Å². The lowest BCUT2D eigenvalue weighted by molar-refractivity contribution is 0.405. The highest BCUT2D eigenvalue weighted by Crippen LogP contribution is 2.31. The van der Waals surface area contributed by atoms with Gasteiger partial charge in [-0.25, -0.2) is 8.42 Å². The molecule has 0 amide bonds. The number of halogens is 1. The molecule has 0 heterocycles. The van der Waals surface area contributed by atoms with Crippen LogP contribution in [-0.2, 0) is 10.0 Å². The number of anilines is 1. The van der Waals surface area contributed by atoms with Crippen molar-refractivity contribution in [1.82, 2.24) is 0 Å². The van der Waals surface area contributed by atoms with Crippen LogP contribution >= 0.6 is 15.9 Å². The summed E-state index contributed by atoms with van der Waals surface area (Å²) < 4.78 is 38.8. The lowest BCUT2D eigenvalue weighted by Crippen LogP contribution is -2.15. The van der Waals surface area contributed by atoms with Crippen molar-refractivity contribution in [1.29, 1.82) is 0 Å². The summed E-state index contributed by atoms with van der Waals surface area (Å²) in [4.78, 5) is 0.201. The molecule has 0 fully saturated rings. The minimum absolute atomic E-state index is 0.201. The minimum atomic E-state index is -3.74. The maximum Gasteiger partial charge on any atom is 0.262 e. The monoisotopic (exact) mass is 385 g/mol. The lowest BCUT2D eigenvalue weighted by atomic mass is 10.2. The van der Waals surface area contributed by atoms with Crippen molar-refractivity contribution in [2.75, 3.05) is 18.9 Å². The smallest absolute Gasteiger partial charge is 0.262 e. The number of aryl methyl sites for hydroxylation is 1. The number of methoxy groups -OCH3 is 2.